The minimum absolute atomic E-state index is 0.0136. The molecular formula is C19H25N5O. The zero-order chi connectivity index (χ0) is 17.2. The van der Waals surface area contributed by atoms with Crippen molar-refractivity contribution in [3.05, 3.63) is 48.3 Å². The molecule has 0 saturated carbocycles. The van der Waals surface area contributed by atoms with Crippen LogP contribution in [-0.2, 0) is 11.8 Å². The lowest BCUT2D eigenvalue weighted by molar-refractivity contribution is -0.134. The highest BCUT2D eigenvalue weighted by atomic mass is 16.2. The van der Waals surface area contributed by atoms with E-state index < -0.39 is 0 Å². The van der Waals surface area contributed by atoms with E-state index in [1.165, 1.54) is 0 Å². The molecule has 1 aromatic carbocycles. The highest BCUT2D eigenvalue weighted by molar-refractivity contribution is 5.81. The molecule has 2 aromatic rings. The Morgan fingerprint density at radius 1 is 1.28 bits per heavy atom. The number of hydrogen-bond acceptors (Lipinski definition) is 4. The summed E-state index contributed by atoms with van der Waals surface area (Å²) in [7, 11) is 1.92. The maximum absolute atomic E-state index is 13.1. The van der Waals surface area contributed by atoms with Crippen LogP contribution in [0.25, 0.3) is 0 Å². The maximum atomic E-state index is 13.1. The third kappa shape index (κ3) is 3.39. The molecule has 3 atom stereocenters. The number of aromatic nitrogens is 2. The molecule has 2 saturated heterocycles. The number of benzene rings is 1. The first-order valence-electron chi connectivity index (χ1n) is 9.00. The van der Waals surface area contributed by atoms with Crippen LogP contribution in [0.2, 0.25) is 0 Å². The van der Waals surface area contributed by atoms with E-state index in [1.807, 2.05) is 47.2 Å². The van der Waals surface area contributed by atoms with E-state index in [-0.39, 0.29) is 17.7 Å². The fraction of sp³-hybridized carbons (Fsp3) is 0.474. The van der Waals surface area contributed by atoms with Gasteiger partial charge in [-0.15, -0.1) is 0 Å². The molecule has 0 spiro atoms. The molecule has 2 fully saturated rings. The predicted octanol–water partition coefficient (Wildman–Crippen LogP) is 1.44. The summed E-state index contributed by atoms with van der Waals surface area (Å²) in [6.07, 6.45) is 4.92. The van der Waals surface area contributed by atoms with Crippen molar-refractivity contribution in [2.24, 2.45) is 13.0 Å². The highest BCUT2D eigenvalue weighted by Gasteiger charge is 2.39. The number of likely N-dealkylation sites (tertiary alicyclic amines) is 1. The average molecular weight is 339 g/mol. The second kappa shape index (κ2) is 6.88. The number of hydrogen-bond donors (Lipinski definition) is 2. The molecule has 1 unspecified atom stereocenters. The van der Waals surface area contributed by atoms with Crippen molar-refractivity contribution in [2.75, 3.05) is 31.5 Å². The van der Waals surface area contributed by atoms with Crippen LogP contribution in [0, 0.1) is 5.92 Å². The van der Waals surface area contributed by atoms with Crippen molar-refractivity contribution < 1.29 is 4.79 Å². The zero-order valence-corrected chi connectivity index (χ0v) is 14.6. The predicted molar refractivity (Wildman–Crippen MR) is 97.4 cm³/mol. The van der Waals surface area contributed by atoms with Crippen molar-refractivity contribution in [3.63, 3.8) is 0 Å². The average Bonchev–Trinajstić information content (AvgIpc) is 3.35. The second-order valence-corrected chi connectivity index (χ2v) is 7.10. The standard InChI is InChI=1S/C19H25N5O/c1-23-12-14(9-21-23)17-10-20-11-18(17)19(25)24-8-7-16(13-24)22-15-5-3-2-4-6-15/h2-6,9,12,16-18,20,22H,7-8,10-11,13H2,1H3/t16?,17-,18+/m1/s1. The summed E-state index contributed by atoms with van der Waals surface area (Å²) in [6, 6.07) is 10.6. The van der Waals surface area contributed by atoms with Crippen LogP contribution in [0.1, 0.15) is 17.9 Å². The van der Waals surface area contributed by atoms with Gasteiger partial charge < -0.3 is 15.5 Å². The number of carbonyl (C=O) groups excluding carboxylic acids is 1. The minimum Gasteiger partial charge on any atom is -0.380 e. The van der Waals surface area contributed by atoms with Gasteiger partial charge in [0.15, 0.2) is 0 Å². The van der Waals surface area contributed by atoms with Gasteiger partial charge in [0.05, 0.1) is 12.1 Å². The van der Waals surface area contributed by atoms with E-state index in [2.05, 4.69) is 27.9 Å². The molecule has 0 radical (unpaired) electrons. The molecule has 0 aliphatic carbocycles. The number of carbonyl (C=O) groups is 1. The molecule has 1 amide bonds. The van der Waals surface area contributed by atoms with Crippen molar-refractivity contribution in [3.8, 4) is 0 Å². The van der Waals surface area contributed by atoms with Crippen LogP contribution in [-0.4, -0.2) is 52.8 Å². The van der Waals surface area contributed by atoms with Crippen molar-refractivity contribution >= 4 is 11.6 Å². The van der Waals surface area contributed by atoms with Crippen LogP contribution < -0.4 is 10.6 Å². The van der Waals surface area contributed by atoms with Gasteiger partial charge >= 0.3 is 0 Å². The summed E-state index contributed by atoms with van der Waals surface area (Å²) < 4.78 is 1.81. The SMILES string of the molecule is Cn1cc([C@H]2CNC[C@@H]2C(=O)N2CCC(Nc3ccccc3)C2)cn1. The number of amides is 1. The van der Waals surface area contributed by atoms with Gasteiger partial charge in [-0.25, -0.2) is 0 Å². The normalized spacial score (nSPS) is 26.1. The molecule has 25 heavy (non-hydrogen) atoms. The fourth-order valence-electron chi connectivity index (χ4n) is 4.00. The van der Waals surface area contributed by atoms with Gasteiger partial charge in [0.2, 0.25) is 5.91 Å². The summed E-state index contributed by atoms with van der Waals surface area (Å²) in [4.78, 5) is 15.1. The van der Waals surface area contributed by atoms with Gasteiger partial charge in [-0.1, -0.05) is 18.2 Å². The van der Waals surface area contributed by atoms with Crippen molar-refractivity contribution in [2.45, 2.75) is 18.4 Å². The first-order valence-corrected chi connectivity index (χ1v) is 9.00. The van der Waals surface area contributed by atoms with Crippen molar-refractivity contribution in [1.82, 2.24) is 20.0 Å². The lowest BCUT2D eigenvalue weighted by Gasteiger charge is -2.24. The first-order chi connectivity index (χ1) is 12.2. The fourth-order valence-corrected chi connectivity index (χ4v) is 4.00. The van der Waals surface area contributed by atoms with Gasteiger partial charge in [-0.2, -0.15) is 5.10 Å². The Balaban J connectivity index is 1.39. The maximum Gasteiger partial charge on any atom is 0.227 e. The lowest BCUT2D eigenvalue weighted by atomic mass is 9.90. The molecule has 0 bridgehead atoms. The quantitative estimate of drug-likeness (QED) is 0.885. The highest BCUT2D eigenvalue weighted by Crippen LogP contribution is 2.30. The van der Waals surface area contributed by atoms with Crippen LogP contribution in [0.4, 0.5) is 5.69 Å². The minimum atomic E-state index is 0.0136. The number of nitrogens with zero attached hydrogens (tertiary/aromatic N) is 3. The molecule has 2 N–H and O–H groups in total. The smallest absolute Gasteiger partial charge is 0.227 e. The Morgan fingerprint density at radius 3 is 2.88 bits per heavy atom. The van der Waals surface area contributed by atoms with E-state index >= 15 is 0 Å². The molecule has 4 rings (SSSR count). The summed E-state index contributed by atoms with van der Waals surface area (Å²) >= 11 is 0. The molecule has 132 valence electrons. The van der Waals surface area contributed by atoms with Crippen LogP contribution in [0.15, 0.2) is 42.7 Å². The number of aryl methyl sites for hydroxylation is 1. The van der Waals surface area contributed by atoms with Crippen LogP contribution in [0.5, 0.6) is 0 Å². The summed E-state index contributed by atoms with van der Waals surface area (Å²) in [6.45, 7) is 3.22. The molecule has 6 heteroatoms. The van der Waals surface area contributed by atoms with Gasteiger partial charge in [-0.05, 0) is 24.1 Å². The largest absolute Gasteiger partial charge is 0.380 e. The molecule has 2 aliphatic heterocycles. The zero-order valence-electron chi connectivity index (χ0n) is 14.6. The Labute approximate surface area is 148 Å². The Kier molecular flexibility index (Phi) is 4.44. The monoisotopic (exact) mass is 339 g/mol. The van der Waals surface area contributed by atoms with Gasteiger partial charge in [0, 0.05) is 57.1 Å². The van der Waals surface area contributed by atoms with Gasteiger partial charge in [0.1, 0.15) is 0 Å². The summed E-state index contributed by atoms with van der Waals surface area (Å²) in [5.41, 5.74) is 2.28. The summed E-state index contributed by atoms with van der Waals surface area (Å²) in [5, 5.41) is 11.2. The number of para-hydroxylation sites is 1. The molecule has 1 aromatic heterocycles. The molecule has 6 nitrogen and oxygen atoms in total. The number of rotatable bonds is 4. The van der Waals surface area contributed by atoms with E-state index in [0.29, 0.717) is 6.04 Å². The van der Waals surface area contributed by atoms with Gasteiger partial charge in [0.25, 0.3) is 0 Å². The molecular weight excluding hydrogens is 314 g/mol. The van der Waals surface area contributed by atoms with E-state index in [1.54, 1.807) is 0 Å². The molecule has 2 aliphatic rings. The summed E-state index contributed by atoms with van der Waals surface area (Å²) in [5.74, 6) is 0.512. The topological polar surface area (TPSA) is 62.2 Å². The van der Waals surface area contributed by atoms with E-state index in [9.17, 15) is 4.79 Å². The number of nitrogens with one attached hydrogen (secondary N) is 2. The molecule has 3 heterocycles. The second-order valence-electron chi connectivity index (χ2n) is 7.10. The first kappa shape index (κ1) is 16.1. The van der Waals surface area contributed by atoms with Crippen molar-refractivity contribution in [1.29, 1.82) is 0 Å². The Hall–Kier alpha value is -2.34. The van der Waals surface area contributed by atoms with E-state index in [0.717, 1.165) is 43.9 Å². The van der Waals surface area contributed by atoms with Crippen LogP contribution in [0.3, 0.4) is 0 Å². The Morgan fingerprint density at radius 2 is 2.12 bits per heavy atom. The van der Waals surface area contributed by atoms with Gasteiger partial charge in [-0.3, -0.25) is 9.48 Å². The lowest BCUT2D eigenvalue weighted by Crippen LogP contribution is -2.38. The third-order valence-corrected chi connectivity index (χ3v) is 5.33. The Bertz CT molecular complexity index is 728. The van der Waals surface area contributed by atoms with Crippen LogP contribution >= 0.6 is 0 Å². The third-order valence-electron chi connectivity index (χ3n) is 5.33. The number of anilines is 1. The van der Waals surface area contributed by atoms with E-state index in [4.69, 9.17) is 0 Å².